The molecule has 4 heteroatoms. The second-order valence-electron chi connectivity index (χ2n) is 4.34. The maximum atomic E-state index is 12.9. The van der Waals surface area contributed by atoms with Crippen LogP contribution in [-0.4, -0.2) is 24.0 Å². The molecule has 0 spiro atoms. The van der Waals surface area contributed by atoms with Crippen LogP contribution >= 0.6 is 0 Å². The molecule has 1 saturated heterocycles. The molecule has 0 aromatic heterocycles. The number of piperidine rings is 1. The minimum absolute atomic E-state index is 0.0473. The summed E-state index contributed by atoms with van der Waals surface area (Å²) in [7, 11) is 0. The van der Waals surface area contributed by atoms with Crippen molar-refractivity contribution in [3.8, 4) is 0 Å². The summed E-state index contributed by atoms with van der Waals surface area (Å²) in [5.74, 6) is -0.269. The Kier molecular flexibility index (Phi) is 3.96. The van der Waals surface area contributed by atoms with Crippen LogP contribution in [0.1, 0.15) is 24.8 Å². The van der Waals surface area contributed by atoms with E-state index in [0.717, 1.165) is 31.5 Å². The number of rotatable bonds is 2. The number of hydrogen-bond donors (Lipinski definition) is 1. The van der Waals surface area contributed by atoms with Gasteiger partial charge in [0.15, 0.2) is 0 Å². The van der Waals surface area contributed by atoms with Gasteiger partial charge in [0.1, 0.15) is 5.82 Å². The first-order valence-electron chi connectivity index (χ1n) is 6.03. The van der Waals surface area contributed by atoms with Crippen molar-refractivity contribution in [2.45, 2.75) is 25.8 Å². The molecule has 1 N–H and O–H groups in total. The predicted molar refractivity (Wildman–Crippen MR) is 64.1 cm³/mol. The number of benzene rings is 1. The zero-order valence-corrected chi connectivity index (χ0v) is 9.79. The molecule has 1 aromatic rings. The highest BCUT2D eigenvalue weighted by atomic mass is 19.1. The number of halogens is 1. The minimum Gasteiger partial charge on any atom is -0.334 e. The molecule has 2 rings (SSSR count). The second kappa shape index (κ2) is 5.66. The molecule has 1 fully saturated rings. The Hall–Kier alpha value is -1.58. The molecular weight excluding hydrogens is 219 g/mol. The van der Waals surface area contributed by atoms with Crippen LogP contribution in [0, 0.1) is 5.82 Å². The van der Waals surface area contributed by atoms with E-state index >= 15 is 0 Å². The van der Waals surface area contributed by atoms with Crippen LogP contribution in [0.25, 0.3) is 0 Å². The van der Waals surface area contributed by atoms with Gasteiger partial charge in [-0.05, 0) is 37.0 Å². The van der Waals surface area contributed by atoms with E-state index in [2.05, 4.69) is 5.32 Å². The highest BCUT2D eigenvalue weighted by Crippen LogP contribution is 2.09. The Balaban J connectivity index is 1.83. The monoisotopic (exact) mass is 236 g/mol. The van der Waals surface area contributed by atoms with Crippen LogP contribution in [0.4, 0.5) is 9.18 Å². The standard InChI is InChI=1S/C13H17FN2O/c14-12-6-4-5-11(9-12)10-15-13(17)16-7-2-1-3-8-16/h4-6,9H,1-3,7-8,10H2,(H,15,17). The van der Waals surface area contributed by atoms with Crippen molar-refractivity contribution in [2.24, 2.45) is 0 Å². The fourth-order valence-corrected chi connectivity index (χ4v) is 2.03. The Morgan fingerprint density at radius 2 is 2.06 bits per heavy atom. The van der Waals surface area contributed by atoms with E-state index in [9.17, 15) is 9.18 Å². The van der Waals surface area contributed by atoms with Crippen LogP contribution in [-0.2, 0) is 6.54 Å². The average molecular weight is 236 g/mol. The molecule has 3 nitrogen and oxygen atoms in total. The minimum atomic E-state index is -0.269. The van der Waals surface area contributed by atoms with Crippen LogP contribution in [0.5, 0.6) is 0 Å². The van der Waals surface area contributed by atoms with Gasteiger partial charge in [0.05, 0.1) is 0 Å². The van der Waals surface area contributed by atoms with Gasteiger partial charge in [0, 0.05) is 19.6 Å². The highest BCUT2D eigenvalue weighted by Gasteiger charge is 2.15. The fourth-order valence-electron chi connectivity index (χ4n) is 2.03. The third-order valence-electron chi connectivity index (χ3n) is 2.98. The molecule has 0 saturated carbocycles. The molecule has 17 heavy (non-hydrogen) atoms. The summed E-state index contributed by atoms with van der Waals surface area (Å²) < 4.78 is 12.9. The predicted octanol–water partition coefficient (Wildman–Crippen LogP) is 2.52. The third kappa shape index (κ3) is 3.44. The Morgan fingerprint density at radius 3 is 2.76 bits per heavy atom. The Morgan fingerprint density at radius 1 is 1.29 bits per heavy atom. The van der Waals surface area contributed by atoms with Crippen molar-refractivity contribution in [1.82, 2.24) is 10.2 Å². The van der Waals surface area contributed by atoms with Crippen LogP contribution in [0.2, 0.25) is 0 Å². The molecule has 1 aromatic carbocycles. The summed E-state index contributed by atoms with van der Waals surface area (Å²) in [6.45, 7) is 2.04. The van der Waals surface area contributed by atoms with Gasteiger partial charge in [-0.3, -0.25) is 0 Å². The highest BCUT2D eigenvalue weighted by molar-refractivity contribution is 5.74. The summed E-state index contributed by atoms with van der Waals surface area (Å²) in [5, 5.41) is 2.82. The van der Waals surface area contributed by atoms with E-state index < -0.39 is 0 Å². The molecule has 0 atom stereocenters. The number of carbonyl (C=O) groups is 1. The number of amides is 2. The van der Waals surface area contributed by atoms with Crippen molar-refractivity contribution in [3.63, 3.8) is 0 Å². The molecular formula is C13H17FN2O. The van der Waals surface area contributed by atoms with Gasteiger partial charge < -0.3 is 10.2 Å². The van der Waals surface area contributed by atoms with E-state index in [-0.39, 0.29) is 11.8 Å². The van der Waals surface area contributed by atoms with E-state index in [1.54, 1.807) is 12.1 Å². The largest absolute Gasteiger partial charge is 0.334 e. The van der Waals surface area contributed by atoms with Gasteiger partial charge in [-0.2, -0.15) is 0 Å². The smallest absolute Gasteiger partial charge is 0.317 e. The molecule has 1 aliphatic rings. The van der Waals surface area contributed by atoms with E-state index in [0.29, 0.717) is 6.54 Å². The summed E-state index contributed by atoms with van der Waals surface area (Å²) >= 11 is 0. The number of carbonyl (C=O) groups excluding carboxylic acids is 1. The van der Waals surface area contributed by atoms with Gasteiger partial charge in [-0.1, -0.05) is 12.1 Å². The molecule has 2 amide bonds. The zero-order valence-electron chi connectivity index (χ0n) is 9.79. The normalized spacial score (nSPS) is 15.7. The number of nitrogens with zero attached hydrogens (tertiary/aromatic N) is 1. The first-order chi connectivity index (χ1) is 8.25. The summed E-state index contributed by atoms with van der Waals surface area (Å²) in [6, 6.07) is 6.25. The van der Waals surface area contributed by atoms with Crippen LogP contribution in [0.15, 0.2) is 24.3 Å². The molecule has 0 radical (unpaired) electrons. The fraction of sp³-hybridized carbons (Fsp3) is 0.462. The maximum Gasteiger partial charge on any atom is 0.317 e. The van der Waals surface area contributed by atoms with E-state index in [4.69, 9.17) is 0 Å². The SMILES string of the molecule is O=C(NCc1cccc(F)c1)N1CCCCC1. The van der Waals surface area contributed by atoms with Gasteiger partial charge in [-0.15, -0.1) is 0 Å². The average Bonchev–Trinajstić information content (AvgIpc) is 2.37. The lowest BCUT2D eigenvalue weighted by Gasteiger charge is -2.26. The summed E-state index contributed by atoms with van der Waals surface area (Å²) in [4.78, 5) is 13.6. The van der Waals surface area contributed by atoms with E-state index in [1.165, 1.54) is 18.6 Å². The molecule has 0 unspecified atom stereocenters. The summed E-state index contributed by atoms with van der Waals surface area (Å²) in [6.07, 6.45) is 3.36. The van der Waals surface area contributed by atoms with Crippen molar-refractivity contribution < 1.29 is 9.18 Å². The van der Waals surface area contributed by atoms with Gasteiger partial charge in [-0.25, -0.2) is 9.18 Å². The Labute approximate surface area is 101 Å². The molecule has 0 aliphatic carbocycles. The number of likely N-dealkylation sites (tertiary alicyclic amines) is 1. The van der Waals surface area contributed by atoms with E-state index in [1.807, 2.05) is 4.90 Å². The second-order valence-corrected chi connectivity index (χ2v) is 4.34. The lowest BCUT2D eigenvalue weighted by atomic mass is 10.1. The first-order valence-corrected chi connectivity index (χ1v) is 6.03. The number of hydrogen-bond acceptors (Lipinski definition) is 1. The lowest BCUT2D eigenvalue weighted by molar-refractivity contribution is 0.186. The molecule has 92 valence electrons. The van der Waals surface area contributed by atoms with Crippen molar-refractivity contribution in [1.29, 1.82) is 0 Å². The number of urea groups is 1. The van der Waals surface area contributed by atoms with Gasteiger partial charge in [0.2, 0.25) is 0 Å². The maximum absolute atomic E-state index is 12.9. The zero-order chi connectivity index (χ0) is 12.1. The molecule has 1 heterocycles. The third-order valence-corrected chi connectivity index (χ3v) is 2.98. The van der Waals surface area contributed by atoms with Gasteiger partial charge in [0.25, 0.3) is 0 Å². The topological polar surface area (TPSA) is 32.3 Å². The quantitative estimate of drug-likeness (QED) is 0.840. The molecule has 1 aliphatic heterocycles. The lowest BCUT2D eigenvalue weighted by Crippen LogP contribution is -2.42. The summed E-state index contributed by atoms with van der Waals surface area (Å²) in [5.41, 5.74) is 0.787. The Bertz CT molecular complexity index is 389. The first kappa shape index (κ1) is 11.9. The van der Waals surface area contributed by atoms with Crippen LogP contribution < -0.4 is 5.32 Å². The van der Waals surface area contributed by atoms with Crippen molar-refractivity contribution >= 4 is 6.03 Å². The number of nitrogens with one attached hydrogen (secondary N) is 1. The van der Waals surface area contributed by atoms with Gasteiger partial charge >= 0.3 is 6.03 Å². The molecule has 0 bridgehead atoms. The van der Waals surface area contributed by atoms with Crippen molar-refractivity contribution in [2.75, 3.05) is 13.1 Å². The van der Waals surface area contributed by atoms with Crippen LogP contribution in [0.3, 0.4) is 0 Å². The van der Waals surface area contributed by atoms with Crippen molar-refractivity contribution in [3.05, 3.63) is 35.6 Å².